The Kier molecular flexibility index (Phi) is 4.08. The van der Waals surface area contributed by atoms with E-state index in [2.05, 4.69) is 26.1 Å². The van der Waals surface area contributed by atoms with Gasteiger partial charge in [0.2, 0.25) is 5.82 Å². The van der Waals surface area contributed by atoms with Crippen LogP contribution >= 0.6 is 15.9 Å². The van der Waals surface area contributed by atoms with Crippen molar-refractivity contribution in [3.8, 4) is 11.5 Å². The molecule has 96 valence electrons. The van der Waals surface area contributed by atoms with E-state index in [1.165, 1.54) is 6.07 Å². The average Bonchev–Trinajstić information content (AvgIpc) is 2.82. The molecule has 0 spiro atoms. The minimum Gasteiger partial charge on any atom is -0.385 e. The van der Waals surface area contributed by atoms with Crippen LogP contribution in [-0.4, -0.2) is 15.2 Å². The Morgan fingerprint density at radius 1 is 1.50 bits per heavy atom. The molecule has 1 aromatic heterocycles. The van der Waals surface area contributed by atoms with Gasteiger partial charge >= 0.3 is 0 Å². The Morgan fingerprint density at radius 2 is 2.28 bits per heavy atom. The topological polar surface area (TPSA) is 59.2 Å². The van der Waals surface area contributed by atoms with Gasteiger partial charge in [0, 0.05) is 0 Å². The quantitative estimate of drug-likeness (QED) is 0.938. The van der Waals surface area contributed by atoms with Crippen molar-refractivity contribution in [1.29, 1.82) is 0 Å². The van der Waals surface area contributed by atoms with Gasteiger partial charge < -0.3 is 9.63 Å². The molecule has 0 aliphatic heterocycles. The van der Waals surface area contributed by atoms with Crippen molar-refractivity contribution in [3.63, 3.8) is 0 Å². The van der Waals surface area contributed by atoms with Gasteiger partial charge in [0.25, 0.3) is 5.89 Å². The maximum Gasteiger partial charge on any atom is 0.259 e. The van der Waals surface area contributed by atoms with Gasteiger partial charge in [0.15, 0.2) is 0 Å². The second-order valence-corrected chi connectivity index (χ2v) is 4.66. The molecule has 4 nitrogen and oxygen atoms in total. The maximum atomic E-state index is 13.4. The van der Waals surface area contributed by atoms with E-state index in [9.17, 15) is 9.50 Å². The molecule has 0 saturated heterocycles. The molecule has 0 saturated carbocycles. The maximum absolute atomic E-state index is 13.4. The summed E-state index contributed by atoms with van der Waals surface area (Å²) in [7, 11) is 0. The molecule has 2 rings (SSSR count). The molecule has 1 unspecified atom stereocenters. The van der Waals surface area contributed by atoms with E-state index >= 15 is 0 Å². The predicted molar refractivity (Wildman–Crippen MR) is 67.3 cm³/mol. The number of hydrogen-bond acceptors (Lipinski definition) is 4. The van der Waals surface area contributed by atoms with Crippen LogP contribution < -0.4 is 0 Å². The number of halogens is 2. The summed E-state index contributed by atoms with van der Waals surface area (Å²) in [5, 5.41) is 13.4. The molecule has 18 heavy (non-hydrogen) atoms. The summed E-state index contributed by atoms with van der Waals surface area (Å²) in [6, 6.07) is 4.55. The highest BCUT2D eigenvalue weighted by molar-refractivity contribution is 9.10. The molecular formula is C12H12BrFN2O2. The number of aromatic nitrogens is 2. The summed E-state index contributed by atoms with van der Waals surface area (Å²) < 4.78 is 18.7. The second-order valence-electron chi connectivity index (χ2n) is 3.86. The van der Waals surface area contributed by atoms with Gasteiger partial charge in [0.1, 0.15) is 11.9 Å². The molecule has 0 radical (unpaired) electrons. The zero-order valence-electron chi connectivity index (χ0n) is 9.73. The SMILES string of the molecule is CCCC(O)c1noc(-c2cccc(F)c2Br)n1. The second kappa shape index (κ2) is 5.58. The number of rotatable bonds is 4. The summed E-state index contributed by atoms with van der Waals surface area (Å²) in [4.78, 5) is 4.08. The third kappa shape index (κ3) is 2.59. The first-order valence-electron chi connectivity index (χ1n) is 5.59. The van der Waals surface area contributed by atoms with Gasteiger partial charge in [-0.15, -0.1) is 0 Å². The fourth-order valence-corrected chi connectivity index (χ4v) is 1.99. The largest absolute Gasteiger partial charge is 0.385 e. The van der Waals surface area contributed by atoms with Gasteiger partial charge in [-0.1, -0.05) is 24.6 Å². The molecule has 1 N–H and O–H groups in total. The molecular weight excluding hydrogens is 303 g/mol. The monoisotopic (exact) mass is 314 g/mol. The number of aliphatic hydroxyl groups excluding tert-OH is 1. The van der Waals surface area contributed by atoms with Crippen LogP contribution in [0.1, 0.15) is 31.7 Å². The summed E-state index contributed by atoms with van der Waals surface area (Å²) in [6.07, 6.45) is 0.623. The van der Waals surface area contributed by atoms with Crippen LogP contribution in [0.4, 0.5) is 4.39 Å². The first-order valence-corrected chi connectivity index (χ1v) is 6.38. The first kappa shape index (κ1) is 13.2. The molecule has 0 bridgehead atoms. The van der Waals surface area contributed by atoms with E-state index in [1.807, 2.05) is 6.92 Å². The smallest absolute Gasteiger partial charge is 0.259 e. The Hall–Kier alpha value is -1.27. The van der Waals surface area contributed by atoms with E-state index in [0.29, 0.717) is 12.0 Å². The van der Waals surface area contributed by atoms with E-state index in [1.54, 1.807) is 12.1 Å². The number of benzene rings is 1. The van der Waals surface area contributed by atoms with Crippen LogP contribution in [0, 0.1) is 5.82 Å². The van der Waals surface area contributed by atoms with Gasteiger partial charge in [-0.05, 0) is 34.5 Å². The minimum absolute atomic E-state index is 0.187. The summed E-state index contributed by atoms with van der Waals surface area (Å²) in [6.45, 7) is 1.95. The lowest BCUT2D eigenvalue weighted by Crippen LogP contribution is -1.98. The van der Waals surface area contributed by atoms with Crippen LogP contribution in [0.2, 0.25) is 0 Å². The lowest BCUT2D eigenvalue weighted by atomic mass is 10.2. The summed E-state index contributed by atoms with van der Waals surface area (Å²) in [5.41, 5.74) is 0.470. The van der Waals surface area contributed by atoms with Crippen LogP contribution in [0.15, 0.2) is 27.2 Å². The fourth-order valence-electron chi connectivity index (χ4n) is 1.55. The molecule has 0 aliphatic carbocycles. The first-order chi connectivity index (χ1) is 8.63. The molecule has 0 fully saturated rings. The van der Waals surface area contributed by atoms with Crippen LogP contribution in [0.3, 0.4) is 0 Å². The van der Waals surface area contributed by atoms with Gasteiger partial charge in [0.05, 0.1) is 10.0 Å². The molecule has 1 atom stereocenters. The standard InChI is InChI=1S/C12H12BrFN2O2/c1-2-4-9(17)11-15-12(18-16-11)7-5-3-6-8(14)10(7)13/h3,5-6,9,17H,2,4H2,1H3. The minimum atomic E-state index is -0.750. The van der Waals surface area contributed by atoms with Crippen LogP contribution in [-0.2, 0) is 0 Å². The molecule has 1 aromatic carbocycles. The van der Waals surface area contributed by atoms with Gasteiger partial charge in [-0.25, -0.2) is 4.39 Å². The molecule has 0 amide bonds. The van der Waals surface area contributed by atoms with Crippen molar-refractivity contribution in [2.45, 2.75) is 25.9 Å². The Morgan fingerprint density at radius 3 is 3.00 bits per heavy atom. The van der Waals surface area contributed by atoms with E-state index in [0.717, 1.165) is 6.42 Å². The molecule has 0 aliphatic rings. The molecule has 6 heteroatoms. The zero-order chi connectivity index (χ0) is 13.1. The number of aliphatic hydroxyl groups is 1. The third-order valence-electron chi connectivity index (χ3n) is 2.48. The molecule has 1 heterocycles. The van der Waals surface area contributed by atoms with Crippen molar-refractivity contribution < 1.29 is 14.0 Å². The normalized spacial score (nSPS) is 12.7. The lowest BCUT2D eigenvalue weighted by molar-refractivity contribution is 0.153. The van der Waals surface area contributed by atoms with E-state index in [4.69, 9.17) is 4.52 Å². The van der Waals surface area contributed by atoms with Crippen molar-refractivity contribution >= 4 is 15.9 Å². The van der Waals surface area contributed by atoms with E-state index < -0.39 is 11.9 Å². The van der Waals surface area contributed by atoms with Crippen molar-refractivity contribution in [1.82, 2.24) is 10.1 Å². The highest BCUT2D eigenvalue weighted by Crippen LogP contribution is 2.30. The Bertz CT molecular complexity index is 545. The Balaban J connectivity index is 2.32. The number of hydrogen-bond donors (Lipinski definition) is 1. The van der Waals surface area contributed by atoms with Gasteiger partial charge in [-0.3, -0.25) is 0 Å². The zero-order valence-corrected chi connectivity index (χ0v) is 11.3. The summed E-state index contributed by atoms with van der Waals surface area (Å²) >= 11 is 3.13. The van der Waals surface area contributed by atoms with Gasteiger partial charge in [-0.2, -0.15) is 4.98 Å². The highest BCUT2D eigenvalue weighted by atomic mass is 79.9. The number of nitrogens with zero attached hydrogens (tertiary/aromatic N) is 2. The summed E-state index contributed by atoms with van der Waals surface area (Å²) in [5.74, 6) is 0.0101. The van der Waals surface area contributed by atoms with Crippen LogP contribution in [0.25, 0.3) is 11.5 Å². The fraction of sp³-hybridized carbons (Fsp3) is 0.333. The highest BCUT2D eigenvalue weighted by Gasteiger charge is 2.18. The molecule has 2 aromatic rings. The lowest BCUT2D eigenvalue weighted by Gasteiger charge is -2.01. The van der Waals surface area contributed by atoms with Crippen molar-refractivity contribution in [3.05, 3.63) is 34.3 Å². The van der Waals surface area contributed by atoms with Crippen molar-refractivity contribution in [2.75, 3.05) is 0 Å². The van der Waals surface area contributed by atoms with E-state index in [-0.39, 0.29) is 16.2 Å². The predicted octanol–water partition coefficient (Wildman–Crippen LogP) is 3.47. The van der Waals surface area contributed by atoms with Crippen molar-refractivity contribution in [2.24, 2.45) is 0 Å². The van der Waals surface area contributed by atoms with Crippen LogP contribution in [0.5, 0.6) is 0 Å². The average molecular weight is 315 g/mol. The third-order valence-corrected chi connectivity index (χ3v) is 3.29. The Labute approximate surface area is 112 Å².